The summed E-state index contributed by atoms with van der Waals surface area (Å²) in [4.78, 5) is 20.9. The molecule has 1 aromatic heterocycles. The van der Waals surface area contributed by atoms with E-state index in [9.17, 15) is 26.4 Å². The molecule has 1 fully saturated rings. The molecule has 34 heavy (non-hydrogen) atoms. The Morgan fingerprint density at radius 1 is 0.971 bits per heavy atom. The van der Waals surface area contributed by atoms with Gasteiger partial charge in [0.25, 0.3) is 0 Å². The maximum atomic E-state index is 13.7. The van der Waals surface area contributed by atoms with E-state index in [-0.39, 0.29) is 48.3 Å². The molecule has 1 saturated heterocycles. The van der Waals surface area contributed by atoms with Crippen LogP contribution in [0.5, 0.6) is 0 Å². The van der Waals surface area contributed by atoms with Crippen LogP contribution < -0.4 is 10.2 Å². The van der Waals surface area contributed by atoms with Crippen molar-refractivity contribution in [2.24, 2.45) is 0 Å². The summed E-state index contributed by atoms with van der Waals surface area (Å²) in [5.41, 5.74) is -0.147. The molecule has 0 saturated carbocycles. The number of para-hydroxylation sites is 2. The number of carbonyl (C=O) groups is 1. The van der Waals surface area contributed by atoms with Crippen molar-refractivity contribution in [2.75, 3.05) is 36.4 Å². The first-order valence-corrected chi connectivity index (χ1v) is 12.0. The number of nitrogens with zero attached hydrogens (tertiary/aromatic N) is 4. The van der Waals surface area contributed by atoms with E-state index in [1.165, 1.54) is 39.5 Å². The lowest BCUT2D eigenvalue weighted by Crippen LogP contribution is -2.49. The molecule has 4 rings (SSSR count). The number of halogens is 3. The lowest BCUT2D eigenvalue weighted by molar-refractivity contribution is -0.140. The summed E-state index contributed by atoms with van der Waals surface area (Å²) in [5.74, 6) is -0.499. The third kappa shape index (κ3) is 4.82. The molecule has 1 N–H and O–H groups in total. The van der Waals surface area contributed by atoms with E-state index in [2.05, 4.69) is 15.3 Å². The number of carbonyl (C=O) groups excluding carboxylic acids is 1. The number of hydrogen-bond donors (Lipinski definition) is 1. The Bertz CT molecular complexity index is 1310. The van der Waals surface area contributed by atoms with Crippen molar-refractivity contribution in [2.45, 2.75) is 24.4 Å². The maximum Gasteiger partial charge on any atom is 0.437 e. The molecule has 12 heteroatoms. The standard InChI is InChI=1S/C22H22F3N5O3S/c1-2-19(31)26-15-7-9-16(10-8-15)34(32,33)30-13-11-29(12-14-30)21-20(22(23,24)25)27-17-5-3-4-6-18(17)28-21/h3-10H,2,11-14H2,1H3,(H,26,31). The Morgan fingerprint density at radius 2 is 1.56 bits per heavy atom. The SMILES string of the molecule is CCC(=O)Nc1ccc(S(=O)(=O)N2CCN(c3nc4ccccc4nc3C(F)(F)F)CC2)cc1. The Balaban J connectivity index is 1.53. The molecule has 1 aliphatic rings. The van der Waals surface area contributed by atoms with E-state index in [1.807, 2.05) is 0 Å². The van der Waals surface area contributed by atoms with Gasteiger partial charge in [0.05, 0.1) is 15.9 Å². The Kier molecular flexibility index (Phi) is 6.45. The van der Waals surface area contributed by atoms with E-state index in [1.54, 1.807) is 25.1 Å². The average molecular weight is 494 g/mol. The van der Waals surface area contributed by atoms with Crippen LogP contribution >= 0.6 is 0 Å². The summed E-state index contributed by atoms with van der Waals surface area (Å²) in [6.07, 6.45) is -4.41. The molecule has 0 radical (unpaired) electrons. The van der Waals surface area contributed by atoms with Crippen molar-refractivity contribution < 1.29 is 26.4 Å². The molecule has 1 amide bonds. The molecular weight excluding hydrogens is 471 g/mol. The monoisotopic (exact) mass is 493 g/mol. The van der Waals surface area contributed by atoms with Crippen LogP contribution in [-0.4, -0.2) is 54.8 Å². The lowest BCUT2D eigenvalue weighted by atomic mass is 10.2. The topological polar surface area (TPSA) is 95.5 Å². The van der Waals surface area contributed by atoms with Gasteiger partial charge in [-0.25, -0.2) is 18.4 Å². The zero-order chi connectivity index (χ0) is 24.5. The van der Waals surface area contributed by atoms with Gasteiger partial charge in [0, 0.05) is 38.3 Å². The lowest BCUT2D eigenvalue weighted by Gasteiger charge is -2.35. The minimum atomic E-state index is -4.70. The van der Waals surface area contributed by atoms with Gasteiger partial charge in [0.1, 0.15) is 0 Å². The highest BCUT2D eigenvalue weighted by Gasteiger charge is 2.39. The van der Waals surface area contributed by atoms with E-state index >= 15 is 0 Å². The average Bonchev–Trinajstić information content (AvgIpc) is 2.83. The number of hydrogen-bond acceptors (Lipinski definition) is 6. The maximum absolute atomic E-state index is 13.7. The minimum Gasteiger partial charge on any atom is -0.352 e. The molecule has 2 aromatic carbocycles. The number of piperazine rings is 1. The minimum absolute atomic E-state index is 0.0114. The fraction of sp³-hybridized carbons (Fsp3) is 0.318. The predicted molar refractivity (Wildman–Crippen MR) is 121 cm³/mol. The van der Waals surface area contributed by atoms with E-state index in [0.717, 1.165) is 0 Å². The van der Waals surface area contributed by atoms with E-state index in [0.29, 0.717) is 17.6 Å². The largest absolute Gasteiger partial charge is 0.437 e. The Morgan fingerprint density at radius 3 is 2.12 bits per heavy atom. The highest BCUT2D eigenvalue weighted by molar-refractivity contribution is 7.89. The molecule has 0 unspecified atom stereocenters. The highest BCUT2D eigenvalue weighted by atomic mass is 32.2. The molecule has 2 heterocycles. The first kappa shape index (κ1) is 23.9. The molecule has 3 aromatic rings. The zero-order valence-electron chi connectivity index (χ0n) is 18.2. The van der Waals surface area contributed by atoms with Gasteiger partial charge in [-0.1, -0.05) is 19.1 Å². The highest BCUT2D eigenvalue weighted by Crippen LogP contribution is 2.36. The molecular formula is C22H22F3N5O3S. The normalized spacial score (nSPS) is 15.5. The van der Waals surface area contributed by atoms with Gasteiger partial charge in [-0.2, -0.15) is 17.5 Å². The number of rotatable bonds is 5. The smallest absolute Gasteiger partial charge is 0.352 e. The number of amides is 1. The van der Waals surface area contributed by atoms with E-state index < -0.39 is 21.9 Å². The van der Waals surface area contributed by atoms with Crippen LogP contribution in [0.2, 0.25) is 0 Å². The summed E-state index contributed by atoms with van der Waals surface area (Å²) in [5, 5.41) is 2.65. The summed E-state index contributed by atoms with van der Waals surface area (Å²) in [6, 6.07) is 12.1. The van der Waals surface area contributed by atoms with Gasteiger partial charge >= 0.3 is 6.18 Å². The van der Waals surface area contributed by atoms with Crippen LogP contribution in [0.15, 0.2) is 53.4 Å². The van der Waals surface area contributed by atoms with Gasteiger partial charge in [0.2, 0.25) is 15.9 Å². The fourth-order valence-electron chi connectivity index (χ4n) is 3.65. The molecule has 0 atom stereocenters. The molecule has 180 valence electrons. The predicted octanol–water partition coefficient (Wildman–Crippen LogP) is 3.51. The van der Waals surface area contributed by atoms with Gasteiger partial charge in [-0.3, -0.25) is 4.79 Å². The third-order valence-corrected chi connectivity index (χ3v) is 7.37. The molecule has 8 nitrogen and oxygen atoms in total. The van der Waals surface area contributed by atoms with Crippen LogP contribution in [0.25, 0.3) is 11.0 Å². The Labute approximate surface area is 194 Å². The quantitative estimate of drug-likeness (QED) is 0.585. The summed E-state index contributed by atoms with van der Waals surface area (Å²) in [6.45, 7) is 1.74. The van der Waals surface area contributed by atoms with Crippen molar-refractivity contribution >= 4 is 38.5 Å². The van der Waals surface area contributed by atoms with E-state index in [4.69, 9.17) is 0 Å². The van der Waals surface area contributed by atoms with Crippen LogP contribution in [-0.2, 0) is 21.0 Å². The van der Waals surface area contributed by atoms with Crippen LogP contribution in [0, 0.1) is 0 Å². The van der Waals surface area contributed by atoms with Crippen LogP contribution in [0.3, 0.4) is 0 Å². The third-order valence-electron chi connectivity index (χ3n) is 5.46. The molecule has 0 bridgehead atoms. The number of fused-ring (bicyclic) bond motifs is 1. The summed E-state index contributed by atoms with van der Waals surface area (Å²) >= 11 is 0. The number of nitrogens with one attached hydrogen (secondary N) is 1. The van der Waals surface area contributed by atoms with Gasteiger partial charge < -0.3 is 10.2 Å². The number of alkyl halides is 3. The van der Waals surface area contributed by atoms with Crippen molar-refractivity contribution in [3.8, 4) is 0 Å². The van der Waals surface area contributed by atoms with Gasteiger partial charge in [-0.05, 0) is 36.4 Å². The fourth-order valence-corrected chi connectivity index (χ4v) is 5.07. The second-order valence-corrected chi connectivity index (χ2v) is 9.64. The molecule has 0 spiro atoms. The second kappa shape index (κ2) is 9.18. The number of anilines is 2. The first-order valence-electron chi connectivity index (χ1n) is 10.6. The second-order valence-electron chi connectivity index (χ2n) is 7.70. The van der Waals surface area contributed by atoms with Crippen molar-refractivity contribution in [1.29, 1.82) is 0 Å². The summed E-state index contributed by atoms with van der Waals surface area (Å²) < 4.78 is 68.4. The van der Waals surface area contributed by atoms with Crippen molar-refractivity contribution in [3.63, 3.8) is 0 Å². The molecule has 0 aliphatic carbocycles. The molecule has 1 aliphatic heterocycles. The van der Waals surface area contributed by atoms with Crippen molar-refractivity contribution in [3.05, 3.63) is 54.2 Å². The zero-order valence-corrected chi connectivity index (χ0v) is 19.0. The first-order chi connectivity index (χ1) is 16.1. The van der Waals surface area contributed by atoms with Gasteiger partial charge in [-0.15, -0.1) is 0 Å². The van der Waals surface area contributed by atoms with Crippen LogP contribution in [0.1, 0.15) is 19.0 Å². The number of benzene rings is 2. The Hall–Kier alpha value is -3.25. The van der Waals surface area contributed by atoms with Gasteiger partial charge in [0.15, 0.2) is 11.5 Å². The van der Waals surface area contributed by atoms with Crippen LogP contribution in [0.4, 0.5) is 24.7 Å². The number of aromatic nitrogens is 2. The number of sulfonamides is 1. The summed E-state index contributed by atoms with van der Waals surface area (Å²) in [7, 11) is -3.86. The van der Waals surface area contributed by atoms with Crippen molar-refractivity contribution in [1.82, 2.24) is 14.3 Å².